The highest BCUT2D eigenvalue weighted by Gasteiger charge is 2.22. The summed E-state index contributed by atoms with van der Waals surface area (Å²) >= 11 is 4.86. The van der Waals surface area contributed by atoms with Crippen molar-refractivity contribution < 1.29 is 5.11 Å². The molecule has 118 valence electrons. The molecule has 4 nitrogen and oxygen atoms in total. The molecule has 0 amide bonds. The number of benzene rings is 1. The first-order valence-corrected chi connectivity index (χ1v) is 9.14. The van der Waals surface area contributed by atoms with Crippen LogP contribution in [0.4, 0.5) is 0 Å². The van der Waals surface area contributed by atoms with Gasteiger partial charge in [-0.2, -0.15) is 0 Å². The summed E-state index contributed by atoms with van der Waals surface area (Å²) in [5, 5.41) is 9.25. The van der Waals surface area contributed by atoms with E-state index in [2.05, 4.69) is 33.0 Å². The lowest BCUT2D eigenvalue weighted by molar-refractivity contribution is 0.281. The second kappa shape index (κ2) is 5.85. The van der Waals surface area contributed by atoms with Crippen LogP contribution in [0.15, 0.2) is 39.2 Å². The van der Waals surface area contributed by atoms with Crippen LogP contribution < -0.4 is 5.56 Å². The van der Waals surface area contributed by atoms with E-state index in [4.69, 9.17) is 0 Å². The minimum atomic E-state index is 0.0473. The van der Waals surface area contributed by atoms with Gasteiger partial charge in [0.15, 0.2) is 0 Å². The lowest BCUT2D eigenvalue weighted by Gasteiger charge is -2.26. The van der Waals surface area contributed by atoms with Crippen LogP contribution in [0.25, 0.3) is 10.2 Å². The van der Waals surface area contributed by atoms with Gasteiger partial charge in [0.25, 0.3) is 5.56 Å². The van der Waals surface area contributed by atoms with Gasteiger partial charge in [-0.25, -0.2) is 4.98 Å². The molecule has 1 aliphatic rings. The summed E-state index contributed by atoms with van der Waals surface area (Å²) < 4.78 is 3.43. The number of hydrogen-bond donors (Lipinski definition) is 1. The number of hydrogen-bond acceptors (Lipinski definition) is 4. The van der Waals surface area contributed by atoms with Crippen LogP contribution in [0.1, 0.15) is 29.2 Å². The molecule has 23 heavy (non-hydrogen) atoms. The lowest BCUT2D eigenvalue weighted by atomic mass is 9.87. The number of rotatable bonds is 2. The van der Waals surface area contributed by atoms with Crippen molar-refractivity contribution in [2.24, 2.45) is 0 Å². The van der Waals surface area contributed by atoms with E-state index in [0.717, 1.165) is 34.1 Å². The van der Waals surface area contributed by atoms with Crippen LogP contribution in [0.2, 0.25) is 0 Å². The zero-order valence-electron chi connectivity index (χ0n) is 12.3. The van der Waals surface area contributed by atoms with Crippen LogP contribution in [-0.4, -0.2) is 14.7 Å². The first-order chi connectivity index (χ1) is 11.2. The van der Waals surface area contributed by atoms with Crippen molar-refractivity contribution in [2.75, 3.05) is 0 Å². The normalized spacial score (nSPS) is 17.4. The van der Waals surface area contributed by atoms with Gasteiger partial charge in [-0.1, -0.05) is 18.2 Å². The smallest absolute Gasteiger partial charge is 0.271 e. The second-order valence-corrected chi connectivity index (χ2v) is 8.31. The summed E-state index contributed by atoms with van der Waals surface area (Å²) in [5.41, 5.74) is 4.30. The Morgan fingerprint density at radius 2 is 2.22 bits per heavy atom. The molecule has 3 aromatic rings. The van der Waals surface area contributed by atoms with E-state index in [0.29, 0.717) is 4.70 Å². The van der Waals surface area contributed by atoms with Gasteiger partial charge in [-0.3, -0.25) is 9.36 Å². The third-order valence-corrected chi connectivity index (χ3v) is 6.10. The van der Waals surface area contributed by atoms with Crippen LogP contribution in [0, 0.1) is 0 Å². The SMILES string of the molecule is O=c1c2sc(Br)cc2ncn1[C@H]1CCc2cc(CO)ccc2C1. The van der Waals surface area contributed by atoms with Crippen molar-refractivity contribution in [1.29, 1.82) is 0 Å². The predicted octanol–water partition coefficient (Wildman–Crippen LogP) is 3.44. The van der Waals surface area contributed by atoms with Gasteiger partial charge in [0.1, 0.15) is 4.70 Å². The molecule has 0 spiro atoms. The van der Waals surface area contributed by atoms with E-state index in [1.165, 1.54) is 22.5 Å². The fourth-order valence-corrected chi connectivity index (χ4v) is 4.76. The molecule has 1 aliphatic carbocycles. The number of aromatic nitrogens is 2. The van der Waals surface area contributed by atoms with Crippen LogP contribution in [0.5, 0.6) is 0 Å². The van der Waals surface area contributed by atoms with Gasteiger partial charge < -0.3 is 5.11 Å². The number of nitrogens with zero attached hydrogens (tertiary/aromatic N) is 2. The standard InChI is InChI=1S/C17H15BrN2O2S/c18-15-7-14-16(23-15)17(22)20(9-19-14)13-4-3-11-5-10(8-21)1-2-12(11)6-13/h1-2,5,7,9,13,21H,3-4,6,8H2/t13-/m0/s1. The van der Waals surface area contributed by atoms with Crippen LogP contribution in [-0.2, 0) is 19.4 Å². The number of aryl methyl sites for hydroxylation is 1. The van der Waals surface area contributed by atoms with Gasteiger partial charge in [0, 0.05) is 6.04 Å². The Bertz CT molecular complexity index is 947. The Hall–Kier alpha value is -1.50. The average molecular weight is 391 g/mol. The van der Waals surface area contributed by atoms with Gasteiger partial charge in [0.05, 0.1) is 22.2 Å². The van der Waals surface area contributed by atoms with Gasteiger partial charge >= 0.3 is 0 Å². The zero-order chi connectivity index (χ0) is 16.0. The van der Waals surface area contributed by atoms with Crippen LogP contribution in [0.3, 0.4) is 0 Å². The molecule has 0 bridgehead atoms. The highest BCUT2D eigenvalue weighted by atomic mass is 79.9. The summed E-state index contributed by atoms with van der Waals surface area (Å²) in [6.07, 6.45) is 4.36. The molecule has 0 saturated carbocycles. The predicted molar refractivity (Wildman–Crippen MR) is 95.0 cm³/mol. The van der Waals surface area contributed by atoms with Crippen molar-refractivity contribution in [1.82, 2.24) is 9.55 Å². The lowest BCUT2D eigenvalue weighted by Crippen LogP contribution is -2.28. The van der Waals surface area contributed by atoms with Crippen molar-refractivity contribution in [3.8, 4) is 0 Å². The summed E-state index contributed by atoms with van der Waals surface area (Å²) in [7, 11) is 0. The first-order valence-electron chi connectivity index (χ1n) is 7.53. The quantitative estimate of drug-likeness (QED) is 0.728. The number of fused-ring (bicyclic) bond motifs is 2. The number of aliphatic hydroxyl groups excluding tert-OH is 1. The zero-order valence-corrected chi connectivity index (χ0v) is 14.7. The molecule has 0 fully saturated rings. The Kier molecular flexibility index (Phi) is 3.83. The van der Waals surface area contributed by atoms with Gasteiger partial charge in [-0.05, 0) is 57.9 Å². The maximum absolute atomic E-state index is 12.7. The molecule has 0 radical (unpaired) electrons. The van der Waals surface area contributed by atoms with Crippen molar-refractivity contribution in [2.45, 2.75) is 31.9 Å². The van der Waals surface area contributed by atoms with Crippen LogP contribution >= 0.6 is 27.3 Å². The average Bonchev–Trinajstić information content (AvgIpc) is 2.96. The Morgan fingerprint density at radius 3 is 3.04 bits per heavy atom. The largest absolute Gasteiger partial charge is 0.392 e. The van der Waals surface area contributed by atoms with E-state index in [-0.39, 0.29) is 18.2 Å². The number of aliphatic hydroxyl groups is 1. The molecular formula is C17H15BrN2O2S. The van der Waals surface area contributed by atoms with E-state index < -0.39 is 0 Å². The molecule has 4 rings (SSSR count). The molecule has 2 heterocycles. The third-order valence-electron chi connectivity index (χ3n) is 4.48. The topological polar surface area (TPSA) is 55.1 Å². The maximum atomic E-state index is 12.7. The maximum Gasteiger partial charge on any atom is 0.271 e. The molecule has 2 aromatic heterocycles. The van der Waals surface area contributed by atoms with Gasteiger partial charge in [-0.15, -0.1) is 11.3 Å². The Morgan fingerprint density at radius 1 is 1.35 bits per heavy atom. The van der Waals surface area contributed by atoms with E-state index >= 15 is 0 Å². The Balaban J connectivity index is 1.72. The van der Waals surface area contributed by atoms with Crippen molar-refractivity contribution in [3.05, 3.63) is 61.4 Å². The molecule has 1 aromatic carbocycles. The molecule has 0 aliphatic heterocycles. The highest BCUT2D eigenvalue weighted by Crippen LogP contribution is 2.30. The highest BCUT2D eigenvalue weighted by molar-refractivity contribution is 9.11. The van der Waals surface area contributed by atoms with E-state index in [1.807, 2.05) is 12.1 Å². The Labute approximate surface area is 145 Å². The number of halogens is 1. The summed E-state index contributed by atoms with van der Waals surface area (Å²) in [6, 6.07) is 8.14. The van der Waals surface area contributed by atoms with E-state index in [9.17, 15) is 9.90 Å². The fraction of sp³-hybridized carbons (Fsp3) is 0.294. The number of thiophene rings is 1. The molecule has 0 unspecified atom stereocenters. The van der Waals surface area contributed by atoms with E-state index in [1.54, 1.807) is 10.9 Å². The third kappa shape index (κ3) is 2.65. The molecule has 1 atom stereocenters. The van der Waals surface area contributed by atoms with Crippen molar-refractivity contribution >= 4 is 37.5 Å². The minimum Gasteiger partial charge on any atom is -0.392 e. The minimum absolute atomic E-state index is 0.0473. The van der Waals surface area contributed by atoms with Gasteiger partial charge in [0.2, 0.25) is 0 Å². The first kappa shape index (κ1) is 15.1. The van der Waals surface area contributed by atoms with Crippen molar-refractivity contribution in [3.63, 3.8) is 0 Å². The summed E-state index contributed by atoms with van der Waals surface area (Å²) in [5.74, 6) is 0. The molecule has 0 saturated heterocycles. The monoisotopic (exact) mass is 390 g/mol. The summed E-state index contributed by atoms with van der Waals surface area (Å²) in [6.45, 7) is 0.0734. The summed E-state index contributed by atoms with van der Waals surface area (Å²) in [4.78, 5) is 17.2. The molecule has 6 heteroatoms. The molecule has 1 N–H and O–H groups in total. The fourth-order valence-electron chi connectivity index (χ4n) is 3.28. The molecular weight excluding hydrogens is 376 g/mol. The second-order valence-electron chi connectivity index (χ2n) is 5.88.